The molecular weight excluding hydrogens is 442 g/mol. The van der Waals surface area contributed by atoms with Crippen molar-refractivity contribution in [3.8, 4) is 5.75 Å². The first-order chi connectivity index (χ1) is 17.1. The number of hydrogen-bond acceptors (Lipinski definition) is 4. The van der Waals surface area contributed by atoms with E-state index in [9.17, 15) is 14.4 Å². The quantitative estimate of drug-likeness (QED) is 0.463. The number of aromatic nitrogens is 1. The monoisotopic (exact) mass is 465 g/mol. The van der Waals surface area contributed by atoms with E-state index in [1.807, 2.05) is 42.5 Å². The maximum absolute atomic E-state index is 13.7. The van der Waals surface area contributed by atoms with Crippen molar-refractivity contribution in [2.45, 2.75) is 12.5 Å². The van der Waals surface area contributed by atoms with E-state index in [1.54, 1.807) is 36.3 Å². The number of hydrogen-bond donors (Lipinski definition) is 1. The van der Waals surface area contributed by atoms with Crippen LogP contribution in [0.3, 0.4) is 0 Å². The van der Waals surface area contributed by atoms with E-state index in [4.69, 9.17) is 4.74 Å². The van der Waals surface area contributed by atoms with Gasteiger partial charge in [0.15, 0.2) is 0 Å². The fourth-order valence-corrected chi connectivity index (χ4v) is 5.25. The van der Waals surface area contributed by atoms with Crippen LogP contribution >= 0.6 is 0 Å². The molecule has 3 aromatic carbocycles. The zero-order valence-electron chi connectivity index (χ0n) is 19.2. The van der Waals surface area contributed by atoms with Gasteiger partial charge < -0.3 is 14.6 Å². The van der Waals surface area contributed by atoms with Crippen LogP contribution in [0.1, 0.15) is 43.6 Å². The van der Waals surface area contributed by atoms with Gasteiger partial charge in [-0.3, -0.25) is 19.3 Å². The Kier molecular flexibility index (Phi) is 4.91. The van der Waals surface area contributed by atoms with Gasteiger partial charge >= 0.3 is 0 Å². The number of aromatic amines is 1. The summed E-state index contributed by atoms with van der Waals surface area (Å²) in [4.78, 5) is 45.8. The summed E-state index contributed by atoms with van der Waals surface area (Å²) in [5.74, 6) is -0.401. The van der Waals surface area contributed by atoms with Crippen LogP contribution in [0.2, 0.25) is 0 Å². The number of ether oxygens (including phenoxy) is 1. The molecular formula is C28H23N3O4. The van der Waals surface area contributed by atoms with Crippen LogP contribution in [0.25, 0.3) is 10.9 Å². The number of amides is 3. The van der Waals surface area contributed by atoms with Crippen molar-refractivity contribution in [2.75, 3.05) is 20.2 Å². The van der Waals surface area contributed by atoms with E-state index in [2.05, 4.69) is 11.1 Å². The number of imide groups is 1. The molecule has 0 bridgehead atoms. The molecule has 0 spiro atoms. The van der Waals surface area contributed by atoms with Crippen molar-refractivity contribution in [3.05, 3.63) is 101 Å². The van der Waals surface area contributed by atoms with Crippen LogP contribution < -0.4 is 4.74 Å². The highest BCUT2D eigenvalue weighted by Gasteiger charge is 2.40. The maximum Gasteiger partial charge on any atom is 0.262 e. The third kappa shape index (κ3) is 3.31. The molecule has 3 amide bonds. The zero-order chi connectivity index (χ0) is 24.1. The van der Waals surface area contributed by atoms with Crippen LogP contribution in [0.5, 0.6) is 5.75 Å². The molecule has 7 heteroatoms. The van der Waals surface area contributed by atoms with Gasteiger partial charge in [0.1, 0.15) is 12.3 Å². The smallest absolute Gasteiger partial charge is 0.262 e. The van der Waals surface area contributed by atoms with Gasteiger partial charge in [0.2, 0.25) is 5.91 Å². The van der Waals surface area contributed by atoms with Crippen LogP contribution in [-0.2, 0) is 11.2 Å². The van der Waals surface area contributed by atoms with E-state index in [-0.39, 0.29) is 18.5 Å². The Hall–Kier alpha value is -4.39. The normalized spacial score (nSPS) is 17.0. The Bertz CT molecular complexity index is 1450. The number of H-pyrrole nitrogens is 1. The van der Waals surface area contributed by atoms with Gasteiger partial charge in [-0.2, -0.15) is 0 Å². The Morgan fingerprint density at radius 2 is 1.60 bits per heavy atom. The lowest BCUT2D eigenvalue weighted by Crippen LogP contribution is -2.47. The molecule has 1 N–H and O–H groups in total. The van der Waals surface area contributed by atoms with E-state index >= 15 is 0 Å². The summed E-state index contributed by atoms with van der Waals surface area (Å²) in [6.45, 7) is 0.183. The molecule has 6 rings (SSSR count). The summed E-state index contributed by atoms with van der Waals surface area (Å²) in [6, 6.07) is 22.1. The predicted octanol–water partition coefficient (Wildman–Crippen LogP) is 3.95. The predicted molar refractivity (Wildman–Crippen MR) is 130 cm³/mol. The minimum absolute atomic E-state index is 0.273. The number of fused-ring (bicyclic) bond motifs is 4. The Labute approximate surface area is 201 Å². The number of methoxy groups -OCH3 is 1. The van der Waals surface area contributed by atoms with Crippen molar-refractivity contribution >= 4 is 28.6 Å². The highest BCUT2D eigenvalue weighted by Crippen LogP contribution is 2.39. The molecule has 0 radical (unpaired) electrons. The minimum Gasteiger partial charge on any atom is -0.497 e. The molecule has 0 saturated heterocycles. The molecule has 0 aliphatic carbocycles. The van der Waals surface area contributed by atoms with Crippen LogP contribution in [0.15, 0.2) is 72.8 Å². The number of carbonyl (C=O) groups is 3. The SMILES string of the molecule is COc1ccc([C@H]2c3[nH]c4ccccc4c3CCN2C(=O)CN2C(=O)c3ccccc3C2=O)cc1. The van der Waals surface area contributed by atoms with E-state index < -0.39 is 11.8 Å². The van der Waals surface area contributed by atoms with Gasteiger partial charge in [-0.05, 0) is 47.9 Å². The van der Waals surface area contributed by atoms with Crippen LogP contribution in [0, 0.1) is 0 Å². The summed E-state index contributed by atoms with van der Waals surface area (Å²) in [6.07, 6.45) is 0.680. The molecule has 2 aliphatic rings. The van der Waals surface area contributed by atoms with Crippen LogP contribution in [0.4, 0.5) is 0 Å². The van der Waals surface area contributed by atoms with Crippen molar-refractivity contribution < 1.29 is 19.1 Å². The third-order valence-electron chi connectivity index (χ3n) is 6.96. The molecule has 7 nitrogen and oxygen atoms in total. The lowest BCUT2D eigenvalue weighted by molar-refractivity contribution is -0.133. The second-order valence-electron chi connectivity index (χ2n) is 8.82. The summed E-state index contributed by atoms with van der Waals surface area (Å²) >= 11 is 0. The molecule has 174 valence electrons. The molecule has 0 unspecified atom stereocenters. The number of para-hydroxylation sites is 1. The number of nitrogens with one attached hydrogen (secondary N) is 1. The number of benzene rings is 3. The van der Waals surface area contributed by atoms with E-state index in [0.29, 0.717) is 24.1 Å². The summed E-state index contributed by atoms with van der Waals surface area (Å²) in [5, 5.41) is 1.15. The molecule has 1 aromatic heterocycles. The Morgan fingerprint density at radius 3 is 2.29 bits per heavy atom. The fraction of sp³-hybridized carbons (Fsp3) is 0.179. The number of carbonyl (C=O) groups excluding carboxylic acids is 3. The number of nitrogens with zero attached hydrogens (tertiary/aromatic N) is 2. The van der Waals surface area contributed by atoms with Crippen LogP contribution in [-0.4, -0.2) is 52.7 Å². The van der Waals surface area contributed by atoms with Gasteiger partial charge in [-0.1, -0.05) is 42.5 Å². The molecule has 35 heavy (non-hydrogen) atoms. The van der Waals surface area contributed by atoms with Crippen molar-refractivity contribution in [2.24, 2.45) is 0 Å². The van der Waals surface area contributed by atoms with Crippen molar-refractivity contribution in [1.29, 1.82) is 0 Å². The first-order valence-electron chi connectivity index (χ1n) is 11.5. The Morgan fingerprint density at radius 1 is 0.943 bits per heavy atom. The highest BCUT2D eigenvalue weighted by molar-refractivity contribution is 6.22. The molecule has 3 heterocycles. The maximum atomic E-state index is 13.7. The Balaban J connectivity index is 1.38. The average Bonchev–Trinajstić information content (AvgIpc) is 3.39. The summed E-state index contributed by atoms with van der Waals surface area (Å²) in [5.41, 5.74) is 4.77. The van der Waals surface area contributed by atoms with Crippen molar-refractivity contribution in [3.63, 3.8) is 0 Å². The second-order valence-corrected chi connectivity index (χ2v) is 8.82. The average molecular weight is 466 g/mol. The first-order valence-corrected chi connectivity index (χ1v) is 11.5. The third-order valence-corrected chi connectivity index (χ3v) is 6.96. The topological polar surface area (TPSA) is 82.7 Å². The summed E-state index contributed by atoms with van der Waals surface area (Å²) in [7, 11) is 1.61. The van der Waals surface area contributed by atoms with Gasteiger partial charge in [0.05, 0.1) is 24.3 Å². The lowest BCUT2D eigenvalue weighted by Gasteiger charge is -2.37. The molecule has 1 atom stereocenters. The first kappa shape index (κ1) is 21.2. The molecule has 0 saturated carbocycles. The minimum atomic E-state index is -0.428. The van der Waals surface area contributed by atoms with Gasteiger partial charge in [-0.25, -0.2) is 0 Å². The largest absolute Gasteiger partial charge is 0.497 e. The lowest BCUT2D eigenvalue weighted by atomic mass is 9.92. The van der Waals surface area contributed by atoms with E-state index in [0.717, 1.165) is 32.8 Å². The molecule has 0 fully saturated rings. The van der Waals surface area contributed by atoms with Gasteiger partial charge in [0, 0.05) is 23.1 Å². The second kappa shape index (κ2) is 8.13. The highest BCUT2D eigenvalue weighted by atomic mass is 16.5. The molecule has 4 aromatic rings. The van der Waals surface area contributed by atoms with Gasteiger partial charge in [-0.15, -0.1) is 0 Å². The van der Waals surface area contributed by atoms with Gasteiger partial charge in [0.25, 0.3) is 11.8 Å². The molecule has 2 aliphatic heterocycles. The van der Waals surface area contributed by atoms with Crippen molar-refractivity contribution in [1.82, 2.24) is 14.8 Å². The number of rotatable bonds is 4. The zero-order valence-corrected chi connectivity index (χ0v) is 19.2. The fourth-order valence-electron chi connectivity index (χ4n) is 5.25. The summed E-state index contributed by atoms with van der Waals surface area (Å²) < 4.78 is 5.32. The van der Waals surface area contributed by atoms with E-state index in [1.165, 1.54) is 5.56 Å². The standard InChI is InChI=1S/C28H23N3O4/c1-35-18-12-10-17(11-13-18)26-25-20(19-6-4-5-9-23(19)29-25)14-15-30(26)24(32)16-31-27(33)21-7-2-3-8-22(21)28(31)34/h2-13,26,29H,14-16H2,1H3/t26-/m0/s1.